The molecule has 8 nitrogen and oxygen atoms in total. The molecular formula is C19H19N5O3. The van der Waals surface area contributed by atoms with Gasteiger partial charge in [0.05, 0.1) is 5.69 Å². The van der Waals surface area contributed by atoms with Gasteiger partial charge >= 0.3 is 5.69 Å². The predicted molar refractivity (Wildman–Crippen MR) is 99.1 cm³/mol. The Morgan fingerprint density at radius 3 is 2.67 bits per heavy atom. The highest BCUT2D eigenvalue weighted by atomic mass is 16.2. The van der Waals surface area contributed by atoms with Gasteiger partial charge in [-0.05, 0) is 31.0 Å². The molecule has 1 fully saturated rings. The Labute approximate surface area is 154 Å². The van der Waals surface area contributed by atoms with Gasteiger partial charge in [0.25, 0.3) is 5.91 Å². The summed E-state index contributed by atoms with van der Waals surface area (Å²) in [6, 6.07) is 13.8. The van der Waals surface area contributed by atoms with Gasteiger partial charge in [-0.2, -0.15) is 5.10 Å². The number of piperidine rings is 1. The quantitative estimate of drug-likeness (QED) is 0.729. The fraction of sp³-hybridized carbons (Fsp3) is 0.263. The van der Waals surface area contributed by atoms with E-state index in [9.17, 15) is 14.4 Å². The van der Waals surface area contributed by atoms with E-state index in [0.29, 0.717) is 18.9 Å². The van der Waals surface area contributed by atoms with E-state index in [0.717, 1.165) is 18.5 Å². The van der Waals surface area contributed by atoms with Crippen LogP contribution in [0.5, 0.6) is 0 Å². The Kier molecular flexibility index (Phi) is 4.45. The van der Waals surface area contributed by atoms with Crippen molar-refractivity contribution in [2.75, 3.05) is 13.1 Å². The van der Waals surface area contributed by atoms with Crippen LogP contribution in [0.1, 0.15) is 35.1 Å². The number of nitrogens with zero attached hydrogens (tertiary/aromatic N) is 3. The van der Waals surface area contributed by atoms with Crippen molar-refractivity contribution in [2.24, 2.45) is 0 Å². The van der Waals surface area contributed by atoms with Crippen molar-refractivity contribution in [3.63, 3.8) is 0 Å². The lowest BCUT2D eigenvalue weighted by molar-refractivity contribution is 0.0697. The highest BCUT2D eigenvalue weighted by Crippen LogP contribution is 2.26. The number of hydrogen-bond donors (Lipinski definition) is 2. The number of hydrogen-bond acceptors (Lipinski definition) is 4. The molecule has 1 aromatic carbocycles. The monoisotopic (exact) mass is 365 g/mol. The van der Waals surface area contributed by atoms with Gasteiger partial charge in [0.1, 0.15) is 11.5 Å². The van der Waals surface area contributed by atoms with Gasteiger partial charge in [-0.25, -0.2) is 14.5 Å². The first-order chi connectivity index (χ1) is 13.1. The summed E-state index contributed by atoms with van der Waals surface area (Å²) in [6.45, 7) is 1.04. The Bertz CT molecular complexity index is 1070. The SMILES string of the molecule is O=C(c1cccc(=O)[nH]1)N1CCC[C@H](c2n[nH]c(=O)n2-c2ccccc2)C1. The van der Waals surface area contributed by atoms with E-state index in [2.05, 4.69) is 15.2 Å². The molecule has 1 aliphatic heterocycles. The lowest BCUT2D eigenvalue weighted by Crippen LogP contribution is -2.40. The van der Waals surface area contributed by atoms with E-state index in [1.807, 2.05) is 30.3 Å². The molecule has 0 aliphatic carbocycles. The summed E-state index contributed by atoms with van der Waals surface area (Å²) in [6.07, 6.45) is 1.62. The summed E-state index contributed by atoms with van der Waals surface area (Å²) in [7, 11) is 0. The summed E-state index contributed by atoms with van der Waals surface area (Å²) in [5.74, 6) is 0.323. The third-order valence-corrected chi connectivity index (χ3v) is 4.79. The van der Waals surface area contributed by atoms with E-state index in [-0.39, 0.29) is 28.8 Å². The Hall–Kier alpha value is -3.42. The van der Waals surface area contributed by atoms with Crippen molar-refractivity contribution < 1.29 is 4.79 Å². The van der Waals surface area contributed by atoms with Crippen molar-refractivity contribution in [2.45, 2.75) is 18.8 Å². The van der Waals surface area contributed by atoms with E-state index in [1.165, 1.54) is 6.07 Å². The Morgan fingerprint density at radius 2 is 1.89 bits per heavy atom. The van der Waals surface area contributed by atoms with Crippen LogP contribution in [0, 0.1) is 0 Å². The Balaban J connectivity index is 1.62. The number of pyridine rings is 1. The molecule has 8 heteroatoms. The van der Waals surface area contributed by atoms with Crippen molar-refractivity contribution in [3.8, 4) is 5.69 Å². The second-order valence-corrected chi connectivity index (χ2v) is 6.58. The summed E-state index contributed by atoms with van der Waals surface area (Å²) in [4.78, 5) is 40.8. The highest BCUT2D eigenvalue weighted by Gasteiger charge is 2.29. The molecule has 0 spiro atoms. The molecule has 138 valence electrons. The zero-order valence-corrected chi connectivity index (χ0v) is 14.6. The van der Waals surface area contributed by atoms with Crippen LogP contribution >= 0.6 is 0 Å². The molecule has 27 heavy (non-hydrogen) atoms. The van der Waals surface area contributed by atoms with Gasteiger partial charge in [0.2, 0.25) is 5.56 Å². The number of carbonyl (C=O) groups is 1. The number of para-hydroxylation sites is 1. The zero-order chi connectivity index (χ0) is 18.8. The predicted octanol–water partition coefficient (Wildman–Crippen LogP) is 1.27. The third kappa shape index (κ3) is 3.33. The third-order valence-electron chi connectivity index (χ3n) is 4.79. The minimum Gasteiger partial charge on any atom is -0.337 e. The van der Waals surface area contributed by atoms with E-state index < -0.39 is 0 Å². The van der Waals surface area contributed by atoms with Crippen molar-refractivity contribution in [1.29, 1.82) is 0 Å². The lowest BCUT2D eigenvalue weighted by atomic mass is 9.96. The maximum absolute atomic E-state index is 12.7. The van der Waals surface area contributed by atoms with Crippen LogP contribution in [0.15, 0.2) is 58.1 Å². The first-order valence-electron chi connectivity index (χ1n) is 8.85. The van der Waals surface area contributed by atoms with Crippen LogP contribution in [0.4, 0.5) is 0 Å². The number of aromatic nitrogens is 4. The number of rotatable bonds is 3. The van der Waals surface area contributed by atoms with E-state index >= 15 is 0 Å². The molecule has 1 amide bonds. The average Bonchev–Trinajstić information content (AvgIpc) is 3.09. The van der Waals surface area contributed by atoms with Crippen LogP contribution in [0.2, 0.25) is 0 Å². The van der Waals surface area contributed by atoms with Crippen LogP contribution in [-0.4, -0.2) is 43.6 Å². The number of likely N-dealkylation sites (tertiary alicyclic amines) is 1. The van der Waals surface area contributed by atoms with Crippen LogP contribution < -0.4 is 11.2 Å². The second kappa shape index (κ2) is 7.06. The fourth-order valence-electron chi connectivity index (χ4n) is 3.52. The van der Waals surface area contributed by atoms with Gasteiger partial charge in [-0.1, -0.05) is 24.3 Å². The normalized spacial score (nSPS) is 17.0. The maximum Gasteiger partial charge on any atom is 0.347 e. The van der Waals surface area contributed by atoms with Crippen molar-refractivity contribution in [1.82, 2.24) is 24.6 Å². The van der Waals surface area contributed by atoms with E-state index in [4.69, 9.17) is 0 Å². The molecule has 2 N–H and O–H groups in total. The van der Waals surface area contributed by atoms with Gasteiger partial charge in [-0.15, -0.1) is 0 Å². The molecule has 1 saturated heterocycles. The van der Waals surface area contributed by atoms with Crippen LogP contribution in [-0.2, 0) is 0 Å². The highest BCUT2D eigenvalue weighted by molar-refractivity contribution is 5.92. The minimum atomic E-state index is -0.306. The van der Waals surface area contributed by atoms with Crippen LogP contribution in [0.3, 0.4) is 0 Å². The molecular weight excluding hydrogens is 346 g/mol. The first-order valence-corrected chi connectivity index (χ1v) is 8.85. The summed E-state index contributed by atoms with van der Waals surface area (Å²) < 4.78 is 1.56. The maximum atomic E-state index is 12.7. The lowest BCUT2D eigenvalue weighted by Gasteiger charge is -2.32. The number of aromatic amines is 2. The number of amides is 1. The summed E-state index contributed by atoms with van der Waals surface area (Å²) in [5.41, 5.74) is 0.402. The average molecular weight is 365 g/mol. The van der Waals surface area contributed by atoms with Gasteiger partial charge in [0, 0.05) is 25.1 Å². The molecule has 0 bridgehead atoms. The van der Waals surface area contributed by atoms with Gasteiger partial charge in [0.15, 0.2) is 0 Å². The number of benzene rings is 1. The molecule has 3 heterocycles. The summed E-state index contributed by atoms with van der Waals surface area (Å²) in [5, 5.41) is 6.75. The molecule has 3 aromatic rings. The van der Waals surface area contributed by atoms with Gasteiger partial charge < -0.3 is 9.88 Å². The second-order valence-electron chi connectivity index (χ2n) is 6.58. The molecule has 0 saturated carbocycles. The summed E-state index contributed by atoms with van der Waals surface area (Å²) >= 11 is 0. The van der Waals surface area contributed by atoms with Crippen molar-refractivity contribution in [3.05, 3.63) is 80.9 Å². The number of nitrogens with one attached hydrogen (secondary N) is 2. The topological polar surface area (TPSA) is 104 Å². The molecule has 4 rings (SSSR count). The minimum absolute atomic E-state index is 0.0720. The molecule has 0 unspecified atom stereocenters. The van der Waals surface area contributed by atoms with E-state index in [1.54, 1.807) is 21.6 Å². The standard InChI is InChI=1S/C19H19N5O3/c25-16-10-4-9-15(20-16)18(26)23-11-5-6-13(12-23)17-21-22-19(27)24(17)14-7-2-1-3-8-14/h1-4,7-10,13H,5-6,11-12H2,(H,20,25)(H,22,27)/t13-/m0/s1. The van der Waals surface area contributed by atoms with Crippen LogP contribution in [0.25, 0.3) is 5.69 Å². The van der Waals surface area contributed by atoms with Crippen molar-refractivity contribution >= 4 is 5.91 Å². The fourth-order valence-corrected chi connectivity index (χ4v) is 3.52. The Morgan fingerprint density at radius 1 is 1.07 bits per heavy atom. The largest absolute Gasteiger partial charge is 0.347 e. The first kappa shape index (κ1) is 17.0. The molecule has 1 aliphatic rings. The molecule has 0 radical (unpaired) electrons. The zero-order valence-electron chi connectivity index (χ0n) is 14.6. The molecule has 1 atom stereocenters. The molecule has 2 aromatic heterocycles. The van der Waals surface area contributed by atoms with Gasteiger partial charge in [-0.3, -0.25) is 9.59 Å². The smallest absolute Gasteiger partial charge is 0.337 e. The number of H-pyrrole nitrogens is 2. The number of carbonyl (C=O) groups excluding carboxylic acids is 1.